The molecule has 0 spiro atoms. The number of carboxylic acids is 1. The predicted octanol–water partition coefficient (Wildman–Crippen LogP) is 0.486. The van der Waals surface area contributed by atoms with E-state index in [4.69, 9.17) is 10.2 Å². The van der Waals surface area contributed by atoms with E-state index in [1.165, 1.54) is 0 Å². The zero-order valence-electron chi connectivity index (χ0n) is 8.47. The van der Waals surface area contributed by atoms with Crippen molar-refractivity contribution in [2.75, 3.05) is 6.61 Å². The number of unbranched alkanes of at least 4 members (excludes halogenated alkanes) is 1. The monoisotopic (exact) mass is 228 g/mol. The molecule has 0 aliphatic carbocycles. The number of aliphatic carboxylic acids is 1. The molecule has 1 aliphatic heterocycles. The zero-order valence-corrected chi connectivity index (χ0v) is 8.47. The summed E-state index contributed by atoms with van der Waals surface area (Å²) >= 11 is 0. The van der Waals surface area contributed by atoms with Gasteiger partial charge in [0.05, 0.1) is 11.6 Å². The maximum Gasteiger partial charge on any atom is 0.343 e. The van der Waals surface area contributed by atoms with Crippen LogP contribution in [0.2, 0.25) is 0 Å². The molecule has 0 fully saturated rings. The van der Waals surface area contributed by atoms with Crippen LogP contribution in [0.15, 0.2) is 23.2 Å². The Kier molecular flexibility index (Phi) is 4.07. The van der Waals surface area contributed by atoms with Crippen molar-refractivity contribution in [1.29, 1.82) is 0 Å². The highest BCUT2D eigenvalue weighted by Gasteiger charge is 2.29. The second kappa shape index (κ2) is 5.32. The minimum Gasteiger partial charge on any atom is -0.504 e. The third-order valence-electron chi connectivity index (χ3n) is 2.06. The minimum absolute atomic E-state index is 0.000905. The molecule has 3 N–H and O–H groups in total. The number of aliphatic hydroxyl groups is 2. The summed E-state index contributed by atoms with van der Waals surface area (Å²) in [5.41, 5.74) is 0.0564. The highest BCUT2D eigenvalue weighted by atomic mass is 16.6. The van der Waals surface area contributed by atoms with E-state index in [0.29, 0.717) is 18.9 Å². The summed E-state index contributed by atoms with van der Waals surface area (Å²) in [4.78, 5) is 21.6. The Morgan fingerprint density at radius 1 is 1.38 bits per heavy atom. The Balaban J connectivity index is 2.77. The Hall–Kier alpha value is -1.82. The molecule has 1 heterocycles. The first-order valence-corrected chi connectivity index (χ1v) is 4.76. The number of carboxylic acid groups (broad SMARTS) is 1. The second-order valence-corrected chi connectivity index (χ2v) is 3.24. The van der Waals surface area contributed by atoms with E-state index in [1.807, 2.05) is 0 Å². The van der Waals surface area contributed by atoms with Crippen molar-refractivity contribution < 1.29 is 29.6 Å². The van der Waals surface area contributed by atoms with Crippen LogP contribution < -0.4 is 0 Å². The fourth-order valence-electron chi connectivity index (χ4n) is 1.30. The highest BCUT2D eigenvalue weighted by molar-refractivity contribution is 5.95. The summed E-state index contributed by atoms with van der Waals surface area (Å²) in [6.07, 6.45) is 1.90. The molecule has 0 aromatic heterocycles. The molecule has 0 bridgehead atoms. The van der Waals surface area contributed by atoms with Gasteiger partial charge in [-0.1, -0.05) is 0 Å². The van der Waals surface area contributed by atoms with Crippen LogP contribution in [0, 0.1) is 0 Å². The van der Waals surface area contributed by atoms with Crippen LogP contribution >= 0.6 is 0 Å². The van der Waals surface area contributed by atoms with E-state index in [-0.39, 0.29) is 24.4 Å². The van der Waals surface area contributed by atoms with Crippen LogP contribution in [0.3, 0.4) is 0 Å². The third kappa shape index (κ3) is 2.83. The normalized spacial score (nSPS) is 18.1. The van der Waals surface area contributed by atoms with Gasteiger partial charge in [0.25, 0.3) is 0 Å². The number of rotatable bonds is 5. The first kappa shape index (κ1) is 12.3. The Morgan fingerprint density at radius 3 is 2.62 bits per heavy atom. The largest absolute Gasteiger partial charge is 0.504 e. The maximum absolute atomic E-state index is 11.2. The van der Waals surface area contributed by atoms with Crippen molar-refractivity contribution >= 4 is 11.9 Å². The van der Waals surface area contributed by atoms with Crippen molar-refractivity contribution in [3.63, 3.8) is 0 Å². The van der Waals surface area contributed by atoms with Crippen molar-refractivity contribution in [2.45, 2.75) is 19.3 Å². The van der Waals surface area contributed by atoms with Gasteiger partial charge >= 0.3 is 11.9 Å². The molecule has 0 radical (unpaired) electrons. The van der Waals surface area contributed by atoms with E-state index in [2.05, 4.69) is 4.74 Å². The van der Waals surface area contributed by atoms with E-state index in [1.54, 1.807) is 0 Å². The second-order valence-electron chi connectivity index (χ2n) is 3.24. The topological polar surface area (TPSA) is 104 Å². The number of hydrogen-bond acceptors (Lipinski definition) is 5. The Morgan fingerprint density at radius 2 is 2.06 bits per heavy atom. The molecule has 0 saturated heterocycles. The molecule has 16 heavy (non-hydrogen) atoms. The maximum atomic E-state index is 11.2. The molecule has 0 saturated carbocycles. The average Bonchev–Trinajstić information content (AvgIpc) is 2.45. The number of ether oxygens (including phenoxy) is 1. The number of hydrogen-bond donors (Lipinski definition) is 3. The summed E-state index contributed by atoms with van der Waals surface area (Å²) in [5.74, 6) is -2.80. The van der Waals surface area contributed by atoms with E-state index >= 15 is 0 Å². The summed E-state index contributed by atoms with van der Waals surface area (Å²) in [5, 5.41) is 26.5. The van der Waals surface area contributed by atoms with Gasteiger partial charge in [0.2, 0.25) is 0 Å². The Labute approximate surface area is 91.5 Å². The lowest BCUT2D eigenvalue weighted by Gasteiger charge is -1.96. The summed E-state index contributed by atoms with van der Waals surface area (Å²) in [7, 11) is 0. The summed E-state index contributed by atoms with van der Waals surface area (Å²) in [6.45, 7) is 0.000905. The lowest BCUT2D eigenvalue weighted by atomic mass is 10.1. The van der Waals surface area contributed by atoms with Crippen molar-refractivity contribution in [1.82, 2.24) is 0 Å². The molecule has 0 atom stereocenters. The fraction of sp³-hybridized carbons (Fsp3) is 0.400. The molecular formula is C10H12O6. The number of aliphatic hydroxyl groups excluding tert-OH is 2. The summed E-state index contributed by atoms with van der Waals surface area (Å²) < 4.78 is 4.58. The smallest absolute Gasteiger partial charge is 0.343 e. The molecule has 0 aromatic rings. The molecule has 1 aliphatic rings. The number of esters is 1. The van der Waals surface area contributed by atoms with Gasteiger partial charge in [-0.05, 0) is 19.3 Å². The molecule has 0 unspecified atom stereocenters. The molecule has 6 heteroatoms. The fourth-order valence-corrected chi connectivity index (χ4v) is 1.30. The van der Waals surface area contributed by atoms with Crippen molar-refractivity contribution in [2.24, 2.45) is 0 Å². The number of cyclic esters (lactones) is 1. The van der Waals surface area contributed by atoms with Crippen molar-refractivity contribution in [3.05, 3.63) is 23.2 Å². The highest BCUT2D eigenvalue weighted by Crippen LogP contribution is 2.27. The van der Waals surface area contributed by atoms with Gasteiger partial charge in [-0.15, -0.1) is 0 Å². The van der Waals surface area contributed by atoms with Gasteiger partial charge in [0.1, 0.15) is 0 Å². The van der Waals surface area contributed by atoms with Gasteiger partial charge in [0, 0.05) is 6.61 Å². The van der Waals surface area contributed by atoms with Crippen molar-refractivity contribution in [3.8, 4) is 0 Å². The first-order chi connectivity index (χ1) is 7.56. The van der Waals surface area contributed by atoms with Crippen LogP contribution in [0.1, 0.15) is 19.3 Å². The van der Waals surface area contributed by atoms with E-state index < -0.39 is 17.7 Å². The van der Waals surface area contributed by atoms with Crippen LogP contribution in [0.5, 0.6) is 0 Å². The minimum atomic E-state index is -1.30. The number of carbonyl (C=O) groups is 2. The lowest BCUT2D eigenvalue weighted by Crippen LogP contribution is -2.00. The van der Waals surface area contributed by atoms with Crippen LogP contribution in [-0.2, 0) is 14.3 Å². The third-order valence-corrected chi connectivity index (χ3v) is 2.06. The molecule has 6 nitrogen and oxygen atoms in total. The quantitative estimate of drug-likeness (QED) is 0.359. The summed E-state index contributed by atoms with van der Waals surface area (Å²) in [6, 6.07) is 0. The molecule has 0 amide bonds. The van der Waals surface area contributed by atoms with E-state index in [0.717, 1.165) is 0 Å². The average molecular weight is 228 g/mol. The van der Waals surface area contributed by atoms with Crippen LogP contribution in [-0.4, -0.2) is 33.9 Å². The predicted molar refractivity (Wildman–Crippen MR) is 52.4 cm³/mol. The van der Waals surface area contributed by atoms with Gasteiger partial charge in [-0.2, -0.15) is 0 Å². The van der Waals surface area contributed by atoms with Gasteiger partial charge in [-0.3, -0.25) is 0 Å². The van der Waals surface area contributed by atoms with Crippen LogP contribution in [0.25, 0.3) is 0 Å². The van der Waals surface area contributed by atoms with Gasteiger partial charge in [-0.25, -0.2) is 9.59 Å². The molecule has 1 rings (SSSR count). The van der Waals surface area contributed by atoms with E-state index in [9.17, 15) is 14.7 Å². The Bertz CT molecular complexity index is 366. The van der Waals surface area contributed by atoms with Gasteiger partial charge < -0.3 is 20.1 Å². The molecule has 0 aromatic carbocycles. The van der Waals surface area contributed by atoms with Gasteiger partial charge in [0.15, 0.2) is 11.5 Å². The first-order valence-electron chi connectivity index (χ1n) is 4.76. The lowest BCUT2D eigenvalue weighted by molar-refractivity contribution is -0.133. The zero-order chi connectivity index (χ0) is 12.1. The molecular weight excluding hydrogens is 216 g/mol. The SMILES string of the molecule is O=C(O)C=C1OC(=O)C(CCCCO)=C1O. The molecule has 88 valence electrons. The standard InChI is InChI=1S/C10H12O6/c11-4-2-1-3-6-9(14)7(5-8(12)13)16-10(6)15/h5,11,14H,1-4H2,(H,12,13). The van der Waals surface area contributed by atoms with Crippen LogP contribution in [0.4, 0.5) is 0 Å². The number of carbonyl (C=O) groups excluding carboxylic acids is 1.